The summed E-state index contributed by atoms with van der Waals surface area (Å²) in [5.74, 6) is 0.613. The molecule has 1 aliphatic rings. The smallest absolute Gasteiger partial charge is 0.0565 e. The Bertz CT molecular complexity index is 93.0. The Kier molecular flexibility index (Phi) is 3.92. The van der Waals surface area contributed by atoms with Crippen LogP contribution in [0.15, 0.2) is 0 Å². The van der Waals surface area contributed by atoms with E-state index in [0.29, 0.717) is 5.92 Å². The summed E-state index contributed by atoms with van der Waals surface area (Å²) in [6, 6.07) is 0. The monoisotopic (exact) mass is 156 g/mol. The summed E-state index contributed by atoms with van der Waals surface area (Å²) < 4.78 is 0. The van der Waals surface area contributed by atoms with Crippen LogP contribution in [0.1, 0.15) is 51.9 Å². The van der Waals surface area contributed by atoms with Gasteiger partial charge in [0.15, 0.2) is 0 Å². The van der Waals surface area contributed by atoms with Crippen LogP contribution in [0.25, 0.3) is 0 Å². The highest BCUT2D eigenvalue weighted by atomic mass is 16.3. The molecule has 0 radical (unpaired) electrons. The fraction of sp³-hybridized carbons (Fsp3) is 1.00. The van der Waals surface area contributed by atoms with Gasteiger partial charge in [0.25, 0.3) is 0 Å². The van der Waals surface area contributed by atoms with Crippen molar-refractivity contribution in [3.8, 4) is 0 Å². The molecule has 0 saturated heterocycles. The molecule has 0 aromatic heterocycles. The summed E-state index contributed by atoms with van der Waals surface area (Å²) in [4.78, 5) is 0. The van der Waals surface area contributed by atoms with E-state index in [0.717, 1.165) is 6.42 Å². The lowest BCUT2D eigenvalue weighted by Crippen LogP contribution is -2.18. The van der Waals surface area contributed by atoms with Gasteiger partial charge in [0.1, 0.15) is 0 Å². The fourth-order valence-corrected chi connectivity index (χ4v) is 2.03. The molecule has 0 spiro atoms. The molecule has 1 atom stereocenters. The Hall–Kier alpha value is -0.0400. The van der Waals surface area contributed by atoms with Gasteiger partial charge in [0.05, 0.1) is 6.10 Å². The Morgan fingerprint density at radius 3 is 2.18 bits per heavy atom. The maximum absolute atomic E-state index is 9.61. The molecule has 1 aliphatic carbocycles. The van der Waals surface area contributed by atoms with Gasteiger partial charge in [-0.3, -0.25) is 0 Å². The van der Waals surface area contributed by atoms with E-state index >= 15 is 0 Å². The maximum atomic E-state index is 9.61. The Morgan fingerprint density at radius 1 is 1.18 bits per heavy atom. The molecule has 1 saturated carbocycles. The Labute approximate surface area is 69.8 Å². The van der Waals surface area contributed by atoms with E-state index in [4.69, 9.17) is 0 Å². The SMILES string of the molecule is CCC(O)C1CCCCCC1. The molecule has 1 unspecified atom stereocenters. The third-order valence-electron chi connectivity index (χ3n) is 2.86. The van der Waals surface area contributed by atoms with Gasteiger partial charge >= 0.3 is 0 Å². The van der Waals surface area contributed by atoms with Gasteiger partial charge in [-0.1, -0.05) is 32.6 Å². The van der Waals surface area contributed by atoms with Crippen LogP contribution in [0.2, 0.25) is 0 Å². The lowest BCUT2D eigenvalue weighted by molar-refractivity contribution is 0.0948. The number of aliphatic hydroxyl groups excluding tert-OH is 1. The molecule has 0 aliphatic heterocycles. The first kappa shape index (κ1) is 9.05. The van der Waals surface area contributed by atoms with Crippen molar-refractivity contribution in [2.24, 2.45) is 5.92 Å². The predicted octanol–water partition coefficient (Wildman–Crippen LogP) is 2.73. The predicted molar refractivity (Wildman–Crippen MR) is 47.5 cm³/mol. The van der Waals surface area contributed by atoms with Crippen LogP contribution in [-0.2, 0) is 0 Å². The number of aliphatic hydroxyl groups is 1. The zero-order chi connectivity index (χ0) is 8.10. The molecule has 11 heavy (non-hydrogen) atoms. The number of hydrogen-bond acceptors (Lipinski definition) is 1. The quantitative estimate of drug-likeness (QED) is 0.609. The fourth-order valence-electron chi connectivity index (χ4n) is 2.03. The highest BCUT2D eigenvalue weighted by Gasteiger charge is 2.18. The van der Waals surface area contributed by atoms with Crippen LogP contribution in [0.5, 0.6) is 0 Å². The molecule has 1 N–H and O–H groups in total. The lowest BCUT2D eigenvalue weighted by Gasteiger charge is -2.19. The van der Waals surface area contributed by atoms with Crippen LogP contribution in [-0.4, -0.2) is 11.2 Å². The van der Waals surface area contributed by atoms with Gasteiger partial charge in [-0.2, -0.15) is 0 Å². The second kappa shape index (κ2) is 4.76. The first-order valence-electron chi connectivity index (χ1n) is 5.02. The molecule has 1 fully saturated rings. The van der Waals surface area contributed by atoms with E-state index in [9.17, 15) is 5.11 Å². The van der Waals surface area contributed by atoms with Crippen LogP contribution in [0.4, 0.5) is 0 Å². The summed E-state index contributed by atoms with van der Waals surface area (Å²) in [6.45, 7) is 2.08. The highest BCUT2D eigenvalue weighted by molar-refractivity contribution is 4.70. The van der Waals surface area contributed by atoms with Crippen LogP contribution >= 0.6 is 0 Å². The minimum absolute atomic E-state index is 0.0203. The first-order chi connectivity index (χ1) is 5.34. The number of rotatable bonds is 2. The van der Waals surface area contributed by atoms with Crippen LogP contribution in [0, 0.1) is 5.92 Å². The molecule has 0 aromatic rings. The van der Waals surface area contributed by atoms with E-state index in [1.165, 1.54) is 38.5 Å². The van der Waals surface area contributed by atoms with Crippen molar-refractivity contribution in [3.63, 3.8) is 0 Å². The van der Waals surface area contributed by atoms with Crippen LogP contribution < -0.4 is 0 Å². The van der Waals surface area contributed by atoms with Crippen molar-refractivity contribution >= 4 is 0 Å². The van der Waals surface area contributed by atoms with Gasteiger partial charge in [0.2, 0.25) is 0 Å². The molecule has 1 heteroatoms. The average molecular weight is 156 g/mol. The van der Waals surface area contributed by atoms with E-state index < -0.39 is 0 Å². The second-order valence-electron chi connectivity index (χ2n) is 3.73. The average Bonchev–Trinajstić information content (AvgIpc) is 2.30. The molecular weight excluding hydrogens is 136 g/mol. The maximum Gasteiger partial charge on any atom is 0.0565 e. The van der Waals surface area contributed by atoms with Gasteiger partial charge in [0, 0.05) is 0 Å². The minimum atomic E-state index is -0.0203. The van der Waals surface area contributed by atoms with E-state index in [1.807, 2.05) is 0 Å². The summed E-state index contributed by atoms with van der Waals surface area (Å²) in [6.07, 6.45) is 8.87. The Balaban J connectivity index is 2.30. The topological polar surface area (TPSA) is 20.2 Å². The van der Waals surface area contributed by atoms with Crippen molar-refractivity contribution in [2.75, 3.05) is 0 Å². The molecule has 0 amide bonds. The summed E-state index contributed by atoms with van der Waals surface area (Å²) >= 11 is 0. The minimum Gasteiger partial charge on any atom is -0.393 e. The summed E-state index contributed by atoms with van der Waals surface area (Å²) in [5, 5.41) is 9.61. The van der Waals surface area contributed by atoms with E-state index in [2.05, 4.69) is 6.92 Å². The van der Waals surface area contributed by atoms with Crippen LogP contribution in [0.3, 0.4) is 0 Å². The zero-order valence-corrected chi connectivity index (χ0v) is 7.55. The highest BCUT2D eigenvalue weighted by Crippen LogP contribution is 2.26. The second-order valence-corrected chi connectivity index (χ2v) is 3.73. The van der Waals surface area contributed by atoms with Crippen molar-refractivity contribution in [1.29, 1.82) is 0 Å². The van der Waals surface area contributed by atoms with E-state index in [1.54, 1.807) is 0 Å². The van der Waals surface area contributed by atoms with Gasteiger partial charge in [-0.25, -0.2) is 0 Å². The third kappa shape index (κ3) is 2.82. The van der Waals surface area contributed by atoms with Crippen molar-refractivity contribution in [3.05, 3.63) is 0 Å². The number of hydrogen-bond donors (Lipinski definition) is 1. The normalized spacial score (nSPS) is 24.5. The molecule has 0 heterocycles. The van der Waals surface area contributed by atoms with Gasteiger partial charge in [-0.15, -0.1) is 0 Å². The lowest BCUT2D eigenvalue weighted by atomic mass is 9.93. The standard InChI is InChI=1S/C10H20O/c1-2-10(11)9-7-5-3-4-6-8-9/h9-11H,2-8H2,1H3. The van der Waals surface area contributed by atoms with Gasteiger partial charge in [-0.05, 0) is 25.2 Å². The molecule has 0 aromatic carbocycles. The summed E-state index contributed by atoms with van der Waals surface area (Å²) in [5.41, 5.74) is 0. The molecule has 66 valence electrons. The van der Waals surface area contributed by atoms with Crippen molar-refractivity contribution in [2.45, 2.75) is 58.0 Å². The molecule has 1 rings (SSSR count). The first-order valence-corrected chi connectivity index (χ1v) is 5.02. The van der Waals surface area contributed by atoms with Gasteiger partial charge < -0.3 is 5.11 Å². The largest absolute Gasteiger partial charge is 0.393 e. The van der Waals surface area contributed by atoms with Crippen molar-refractivity contribution < 1.29 is 5.11 Å². The van der Waals surface area contributed by atoms with E-state index in [-0.39, 0.29) is 6.10 Å². The zero-order valence-electron chi connectivity index (χ0n) is 7.55. The van der Waals surface area contributed by atoms with Crippen molar-refractivity contribution in [1.82, 2.24) is 0 Å². The Morgan fingerprint density at radius 2 is 1.73 bits per heavy atom. The molecule has 0 bridgehead atoms. The molecular formula is C10H20O. The third-order valence-corrected chi connectivity index (χ3v) is 2.86. The molecule has 1 nitrogen and oxygen atoms in total. The summed E-state index contributed by atoms with van der Waals surface area (Å²) in [7, 11) is 0.